The number of aliphatic hydroxyl groups is 1. The van der Waals surface area contributed by atoms with Gasteiger partial charge in [0, 0.05) is 5.92 Å². The summed E-state index contributed by atoms with van der Waals surface area (Å²) in [5, 5.41) is 9.50. The topological polar surface area (TPSA) is 20.2 Å². The molecule has 0 radical (unpaired) electrons. The molecule has 0 aromatic carbocycles. The monoisotopic (exact) mass is 142 g/mol. The van der Waals surface area contributed by atoms with E-state index in [1.807, 2.05) is 27.7 Å². The smallest absolute Gasteiger partial charge is 0.0625 e. The van der Waals surface area contributed by atoms with E-state index in [0.717, 1.165) is 5.57 Å². The van der Waals surface area contributed by atoms with Crippen LogP contribution in [0.5, 0.6) is 0 Å². The number of hydrogen-bond acceptors (Lipinski definition) is 1. The SMILES string of the molecule is C=C(C)[C@H](C)[C@@H](O)C(C)C. The lowest BCUT2D eigenvalue weighted by molar-refractivity contribution is 0.0869. The maximum Gasteiger partial charge on any atom is 0.0625 e. The van der Waals surface area contributed by atoms with Gasteiger partial charge in [-0.05, 0) is 12.8 Å². The highest BCUT2D eigenvalue weighted by molar-refractivity contribution is 4.97. The van der Waals surface area contributed by atoms with Crippen molar-refractivity contribution in [1.29, 1.82) is 0 Å². The van der Waals surface area contributed by atoms with Gasteiger partial charge in [0.2, 0.25) is 0 Å². The van der Waals surface area contributed by atoms with Gasteiger partial charge in [0.1, 0.15) is 0 Å². The third kappa shape index (κ3) is 2.53. The van der Waals surface area contributed by atoms with Gasteiger partial charge >= 0.3 is 0 Å². The molecule has 60 valence electrons. The Balaban J connectivity index is 3.94. The Bertz CT molecular complexity index is 116. The normalized spacial score (nSPS) is 17.0. The molecule has 1 N–H and O–H groups in total. The van der Waals surface area contributed by atoms with Gasteiger partial charge in [0.15, 0.2) is 0 Å². The van der Waals surface area contributed by atoms with Crippen LogP contribution >= 0.6 is 0 Å². The van der Waals surface area contributed by atoms with Crippen LogP contribution < -0.4 is 0 Å². The molecule has 0 saturated carbocycles. The molecule has 0 unspecified atom stereocenters. The maximum absolute atomic E-state index is 9.50. The van der Waals surface area contributed by atoms with Gasteiger partial charge in [-0.3, -0.25) is 0 Å². The minimum atomic E-state index is -0.238. The van der Waals surface area contributed by atoms with Crippen LogP contribution in [0, 0.1) is 11.8 Å². The fraction of sp³-hybridized carbons (Fsp3) is 0.778. The molecule has 0 spiro atoms. The molecular weight excluding hydrogens is 124 g/mol. The van der Waals surface area contributed by atoms with Gasteiger partial charge in [-0.2, -0.15) is 0 Å². The van der Waals surface area contributed by atoms with Gasteiger partial charge < -0.3 is 5.11 Å². The highest BCUT2D eigenvalue weighted by atomic mass is 16.3. The summed E-state index contributed by atoms with van der Waals surface area (Å²) < 4.78 is 0. The lowest BCUT2D eigenvalue weighted by Gasteiger charge is -2.21. The molecule has 2 atom stereocenters. The van der Waals surface area contributed by atoms with Gasteiger partial charge in [-0.25, -0.2) is 0 Å². The van der Waals surface area contributed by atoms with E-state index < -0.39 is 0 Å². The fourth-order valence-electron chi connectivity index (χ4n) is 0.869. The fourth-order valence-corrected chi connectivity index (χ4v) is 0.869. The van der Waals surface area contributed by atoms with E-state index in [1.54, 1.807) is 0 Å². The zero-order valence-corrected chi connectivity index (χ0v) is 7.39. The van der Waals surface area contributed by atoms with Gasteiger partial charge in [-0.1, -0.05) is 32.9 Å². The standard InChI is InChI=1S/C9H18O/c1-6(2)8(5)9(10)7(3)4/h7-10H,1H2,2-5H3/t8-,9-/m0/s1. The van der Waals surface area contributed by atoms with Crippen molar-refractivity contribution in [2.75, 3.05) is 0 Å². The highest BCUT2D eigenvalue weighted by Crippen LogP contribution is 2.18. The van der Waals surface area contributed by atoms with Crippen molar-refractivity contribution in [3.05, 3.63) is 12.2 Å². The molecule has 0 aliphatic carbocycles. The Morgan fingerprint density at radius 1 is 1.30 bits per heavy atom. The second-order valence-electron chi connectivity index (χ2n) is 3.37. The van der Waals surface area contributed by atoms with Crippen LogP contribution in [0.2, 0.25) is 0 Å². The van der Waals surface area contributed by atoms with E-state index in [4.69, 9.17) is 0 Å². The largest absolute Gasteiger partial charge is 0.392 e. The molecule has 0 saturated heterocycles. The maximum atomic E-state index is 9.50. The second-order valence-corrected chi connectivity index (χ2v) is 3.37. The third-order valence-corrected chi connectivity index (χ3v) is 1.97. The average molecular weight is 142 g/mol. The third-order valence-electron chi connectivity index (χ3n) is 1.97. The van der Waals surface area contributed by atoms with Crippen LogP contribution in [-0.4, -0.2) is 11.2 Å². The average Bonchev–Trinajstić information content (AvgIpc) is 1.84. The molecular formula is C9H18O. The number of rotatable bonds is 3. The molecule has 0 heterocycles. The van der Waals surface area contributed by atoms with Crippen molar-refractivity contribution in [3.63, 3.8) is 0 Å². The van der Waals surface area contributed by atoms with Crippen molar-refractivity contribution < 1.29 is 5.11 Å². The first-order valence-electron chi connectivity index (χ1n) is 3.80. The summed E-state index contributed by atoms with van der Waals surface area (Å²) in [4.78, 5) is 0. The minimum Gasteiger partial charge on any atom is -0.392 e. The van der Waals surface area contributed by atoms with Crippen LogP contribution in [0.3, 0.4) is 0 Å². The summed E-state index contributed by atoms with van der Waals surface area (Å²) >= 11 is 0. The van der Waals surface area contributed by atoms with E-state index in [-0.39, 0.29) is 12.0 Å². The molecule has 10 heavy (non-hydrogen) atoms. The van der Waals surface area contributed by atoms with E-state index in [0.29, 0.717) is 5.92 Å². The zero-order valence-electron chi connectivity index (χ0n) is 7.39. The van der Waals surface area contributed by atoms with Crippen molar-refractivity contribution >= 4 is 0 Å². The van der Waals surface area contributed by atoms with E-state index >= 15 is 0 Å². The quantitative estimate of drug-likeness (QED) is 0.599. The summed E-state index contributed by atoms with van der Waals surface area (Å²) in [6.45, 7) is 11.8. The molecule has 0 bridgehead atoms. The van der Waals surface area contributed by atoms with Crippen LogP contribution in [0.1, 0.15) is 27.7 Å². The van der Waals surface area contributed by atoms with E-state index in [2.05, 4.69) is 6.58 Å². The van der Waals surface area contributed by atoms with Crippen molar-refractivity contribution in [2.24, 2.45) is 11.8 Å². The van der Waals surface area contributed by atoms with Crippen molar-refractivity contribution in [3.8, 4) is 0 Å². The summed E-state index contributed by atoms with van der Waals surface area (Å²) in [5.74, 6) is 0.548. The van der Waals surface area contributed by atoms with E-state index in [1.165, 1.54) is 0 Å². The molecule has 0 aliphatic heterocycles. The van der Waals surface area contributed by atoms with Crippen LogP contribution in [0.15, 0.2) is 12.2 Å². The number of hydrogen-bond donors (Lipinski definition) is 1. The molecule has 0 aromatic heterocycles. The molecule has 0 amide bonds. The summed E-state index contributed by atoms with van der Waals surface area (Å²) in [5.41, 5.74) is 1.06. The predicted octanol–water partition coefficient (Wildman–Crippen LogP) is 2.22. The first-order valence-corrected chi connectivity index (χ1v) is 3.80. The highest BCUT2D eigenvalue weighted by Gasteiger charge is 2.17. The first kappa shape index (κ1) is 9.70. The first-order chi connectivity index (χ1) is 4.46. The van der Waals surface area contributed by atoms with Crippen molar-refractivity contribution in [1.82, 2.24) is 0 Å². The predicted molar refractivity (Wildman–Crippen MR) is 44.8 cm³/mol. The minimum absolute atomic E-state index is 0.222. The zero-order chi connectivity index (χ0) is 8.31. The molecule has 0 fully saturated rings. The van der Waals surface area contributed by atoms with Crippen molar-refractivity contribution in [2.45, 2.75) is 33.8 Å². The van der Waals surface area contributed by atoms with Gasteiger partial charge in [0.25, 0.3) is 0 Å². The Labute approximate surface area is 63.8 Å². The van der Waals surface area contributed by atoms with Crippen LogP contribution in [0.25, 0.3) is 0 Å². The molecule has 0 aromatic rings. The second kappa shape index (κ2) is 3.77. The molecule has 0 rings (SSSR count). The summed E-state index contributed by atoms with van der Waals surface area (Å²) in [6, 6.07) is 0. The Morgan fingerprint density at radius 2 is 1.70 bits per heavy atom. The Morgan fingerprint density at radius 3 is 1.80 bits per heavy atom. The van der Waals surface area contributed by atoms with Gasteiger partial charge in [-0.15, -0.1) is 0 Å². The molecule has 0 aliphatic rings. The van der Waals surface area contributed by atoms with Crippen LogP contribution in [-0.2, 0) is 0 Å². The molecule has 1 nitrogen and oxygen atoms in total. The summed E-state index contributed by atoms with van der Waals surface area (Å²) in [6.07, 6.45) is -0.238. The van der Waals surface area contributed by atoms with Gasteiger partial charge in [0.05, 0.1) is 6.10 Å². The summed E-state index contributed by atoms with van der Waals surface area (Å²) in [7, 11) is 0. The van der Waals surface area contributed by atoms with Crippen LogP contribution in [0.4, 0.5) is 0 Å². The Hall–Kier alpha value is -0.300. The van der Waals surface area contributed by atoms with E-state index in [9.17, 15) is 5.11 Å². The number of aliphatic hydroxyl groups excluding tert-OH is 1. The lowest BCUT2D eigenvalue weighted by Crippen LogP contribution is -2.23. The molecule has 1 heteroatoms. The lowest BCUT2D eigenvalue weighted by atomic mass is 9.90. The Kier molecular flexibility index (Phi) is 3.66.